The average molecular weight is 427 g/mol. The summed E-state index contributed by atoms with van der Waals surface area (Å²) >= 11 is 1.64. The summed E-state index contributed by atoms with van der Waals surface area (Å²) in [5.41, 5.74) is 2.31. The third-order valence-electron chi connectivity index (χ3n) is 6.66. The molecule has 2 fully saturated rings. The van der Waals surface area contributed by atoms with Gasteiger partial charge in [0.05, 0.1) is 17.9 Å². The van der Waals surface area contributed by atoms with Gasteiger partial charge in [-0.2, -0.15) is 0 Å². The van der Waals surface area contributed by atoms with Gasteiger partial charge in [-0.1, -0.05) is 17.8 Å². The van der Waals surface area contributed by atoms with Gasteiger partial charge in [0.2, 0.25) is 0 Å². The van der Waals surface area contributed by atoms with E-state index < -0.39 is 5.97 Å². The van der Waals surface area contributed by atoms with Gasteiger partial charge in [-0.15, -0.1) is 0 Å². The Kier molecular flexibility index (Phi) is 5.16. The first kappa shape index (κ1) is 19.8. The number of carbonyl (C=O) groups is 1. The Bertz CT molecular complexity index is 953. The van der Waals surface area contributed by atoms with E-state index >= 15 is 0 Å². The maximum atomic E-state index is 11.4. The molecule has 0 saturated carbocycles. The number of fused-ring (bicyclic) bond motifs is 4. The number of nitrogens with zero attached hydrogens (tertiary/aromatic N) is 3. The lowest BCUT2D eigenvalue weighted by Gasteiger charge is -2.52. The van der Waals surface area contributed by atoms with E-state index in [-0.39, 0.29) is 36.4 Å². The molecule has 0 aliphatic carbocycles. The van der Waals surface area contributed by atoms with Crippen molar-refractivity contribution in [2.24, 2.45) is 17.8 Å². The SMILES string of the molecule is CC1OC(C)C2CN(Cc3ccc4c(c3)Nc3nccnc3S4)CC1C2CC(=O)O. The molecule has 2 bridgehead atoms. The summed E-state index contributed by atoms with van der Waals surface area (Å²) < 4.78 is 6.13. The zero-order chi connectivity index (χ0) is 20.8. The Hall–Kier alpha value is -2.16. The predicted octanol–water partition coefficient (Wildman–Crippen LogP) is 3.63. The number of nitrogens with one attached hydrogen (secondary N) is 1. The van der Waals surface area contributed by atoms with Crippen molar-refractivity contribution in [3.05, 3.63) is 36.2 Å². The molecule has 4 atom stereocenters. The highest BCUT2D eigenvalue weighted by Gasteiger charge is 2.47. The number of ether oxygens (including phenoxy) is 1. The summed E-state index contributed by atoms with van der Waals surface area (Å²) in [6.07, 6.45) is 3.82. The summed E-state index contributed by atoms with van der Waals surface area (Å²) in [6, 6.07) is 6.52. The van der Waals surface area contributed by atoms with Crippen LogP contribution in [0.4, 0.5) is 11.5 Å². The molecular formula is C22H26N4O3S. The number of carboxylic acids is 1. The van der Waals surface area contributed by atoms with Crippen LogP contribution in [0, 0.1) is 17.8 Å². The number of anilines is 2. The Balaban J connectivity index is 1.33. The second kappa shape index (κ2) is 7.83. The Labute approximate surface area is 180 Å². The minimum Gasteiger partial charge on any atom is -0.481 e. The summed E-state index contributed by atoms with van der Waals surface area (Å²) in [7, 11) is 0. The first-order valence-electron chi connectivity index (χ1n) is 10.5. The second-order valence-corrected chi connectivity index (χ2v) is 9.63. The first-order valence-corrected chi connectivity index (χ1v) is 11.3. The number of hydrogen-bond donors (Lipinski definition) is 2. The zero-order valence-corrected chi connectivity index (χ0v) is 17.9. The molecule has 4 unspecified atom stereocenters. The molecule has 4 heterocycles. The fourth-order valence-corrected chi connectivity index (χ4v) is 6.14. The van der Waals surface area contributed by atoms with Crippen molar-refractivity contribution in [1.29, 1.82) is 0 Å². The van der Waals surface area contributed by atoms with Crippen LogP contribution in [0.1, 0.15) is 25.8 Å². The molecule has 2 N–H and O–H groups in total. The number of likely N-dealkylation sites (tertiary alicyclic amines) is 1. The number of aromatic nitrogens is 2. The van der Waals surface area contributed by atoms with E-state index in [0.717, 1.165) is 41.1 Å². The molecule has 158 valence electrons. The van der Waals surface area contributed by atoms with Crippen LogP contribution in [-0.4, -0.2) is 51.2 Å². The van der Waals surface area contributed by atoms with E-state index in [9.17, 15) is 9.90 Å². The largest absolute Gasteiger partial charge is 0.481 e. The fraction of sp³-hybridized carbons (Fsp3) is 0.500. The minimum absolute atomic E-state index is 0.0834. The number of carboxylic acid groups (broad SMARTS) is 1. The van der Waals surface area contributed by atoms with Gasteiger partial charge in [0.1, 0.15) is 5.03 Å². The molecule has 3 aliphatic heterocycles. The van der Waals surface area contributed by atoms with Gasteiger partial charge in [0, 0.05) is 55.2 Å². The molecule has 1 aromatic carbocycles. The van der Waals surface area contributed by atoms with Crippen molar-refractivity contribution in [2.75, 3.05) is 18.4 Å². The average Bonchev–Trinajstić information content (AvgIpc) is 2.71. The maximum absolute atomic E-state index is 11.4. The molecule has 2 saturated heterocycles. The predicted molar refractivity (Wildman–Crippen MR) is 114 cm³/mol. The van der Waals surface area contributed by atoms with E-state index in [1.54, 1.807) is 24.2 Å². The molecule has 3 aliphatic rings. The molecule has 30 heavy (non-hydrogen) atoms. The van der Waals surface area contributed by atoms with Crippen LogP contribution in [0.3, 0.4) is 0 Å². The lowest BCUT2D eigenvalue weighted by atomic mass is 9.69. The van der Waals surface area contributed by atoms with Crippen LogP contribution in [0.25, 0.3) is 0 Å². The first-order chi connectivity index (χ1) is 14.5. The number of hydrogen-bond acceptors (Lipinski definition) is 7. The van der Waals surface area contributed by atoms with Crippen LogP contribution in [-0.2, 0) is 16.1 Å². The summed E-state index contributed by atoms with van der Waals surface area (Å²) in [5.74, 6) is 0.797. The van der Waals surface area contributed by atoms with E-state index in [1.807, 2.05) is 0 Å². The lowest BCUT2D eigenvalue weighted by molar-refractivity contribution is -0.175. The van der Waals surface area contributed by atoms with Crippen LogP contribution in [0.15, 0.2) is 40.5 Å². The van der Waals surface area contributed by atoms with Crippen molar-refractivity contribution in [3.8, 4) is 0 Å². The molecule has 5 rings (SSSR count). The van der Waals surface area contributed by atoms with Gasteiger partial charge >= 0.3 is 5.97 Å². The van der Waals surface area contributed by atoms with E-state index in [1.165, 1.54) is 5.56 Å². The van der Waals surface area contributed by atoms with E-state index in [0.29, 0.717) is 0 Å². The monoisotopic (exact) mass is 426 g/mol. The molecule has 0 amide bonds. The number of piperidine rings is 1. The van der Waals surface area contributed by atoms with Crippen LogP contribution < -0.4 is 5.32 Å². The second-order valence-electron chi connectivity index (χ2n) is 8.60. The standard InChI is InChI=1S/C22H26N4O3S/c1-12-16-10-26(11-17(13(2)29-12)15(16)8-20(27)28)9-14-3-4-19-18(7-14)25-21-22(30-19)24-6-5-23-21/h3-7,12-13,15-17H,8-11H2,1-2H3,(H,23,25)(H,27,28). The van der Waals surface area contributed by atoms with Crippen molar-refractivity contribution in [1.82, 2.24) is 14.9 Å². The van der Waals surface area contributed by atoms with Crippen LogP contribution >= 0.6 is 11.8 Å². The fourth-order valence-electron chi connectivity index (χ4n) is 5.26. The maximum Gasteiger partial charge on any atom is 0.303 e. The Morgan fingerprint density at radius 2 is 1.97 bits per heavy atom. The summed E-state index contributed by atoms with van der Waals surface area (Å²) in [6.45, 7) is 6.77. The highest BCUT2D eigenvalue weighted by molar-refractivity contribution is 7.99. The number of benzene rings is 1. The normalized spacial score (nSPS) is 30.1. The smallest absolute Gasteiger partial charge is 0.303 e. The van der Waals surface area contributed by atoms with Crippen molar-refractivity contribution in [2.45, 2.75) is 48.9 Å². The van der Waals surface area contributed by atoms with Gasteiger partial charge in [-0.3, -0.25) is 9.69 Å². The molecule has 0 radical (unpaired) electrons. The van der Waals surface area contributed by atoms with E-state index in [2.05, 4.69) is 52.2 Å². The third-order valence-corrected chi connectivity index (χ3v) is 7.73. The number of aliphatic carboxylic acids is 1. The van der Waals surface area contributed by atoms with Gasteiger partial charge in [0.25, 0.3) is 0 Å². The van der Waals surface area contributed by atoms with Gasteiger partial charge < -0.3 is 15.2 Å². The zero-order valence-electron chi connectivity index (χ0n) is 17.1. The molecule has 0 spiro atoms. The molecule has 8 heteroatoms. The quantitative estimate of drug-likeness (QED) is 0.654. The van der Waals surface area contributed by atoms with E-state index in [4.69, 9.17) is 4.74 Å². The van der Waals surface area contributed by atoms with Gasteiger partial charge in [-0.05, 0) is 37.5 Å². The summed E-state index contributed by atoms with van der Waals surface area (Å²) in [5, 5.41) is 13.7. The van der Waals surface area contributed by atoms with Crippen molar-refractivity contribution < 1.29 is 14.6 Å². The Morgan fingerprint density at radius 3 is 2.70 bits per heavy atom. The molecular weight excluding hydrogens is 400 g/mol. The van der Waals surface area contributed by atoms with Gasteiger partial charge in [0.15, 0.2) is 5.82 Å². The molecule has 2 aromatic rings. The minimum atomic E-state index is -0.702. The van der Waals surface area contributed by atoms with Crippen LogP contribution in [0.5, 0.6) is 0 Å². The number of rotatable bonds is 4. The third kappa shape index (κ3) is 3.68. The molecule has 7 nitrogen and oxygen atoms in total. The highest BCUT2D eigenvalue weighted by Crippen LogP contribution is 2.44. The lowest BCUT2D eigenvalue weighted by Crippen LogP contribution is -2.58. The summed E-state index contributed by atoms with van der Waals surface area (Å²) in [4.78, 5) is 23.8. The Morgan fingerprint density at radius 1 is 1.23 bits per heavy atom. The van der Waals surface area contributed by atoms with Crippen molar-refractivity contribution >= 4 is 29.2 Å². The topological polar surface area (TPSA) is 87.6 Å². The van der Waals surface area contributed by atoms with Crippen LogP contribution in [0.2, 0.25) is 0 Å². The molecule has 1 aromatic heterocycles. The highest BCUT2D eigenvalue weighted by atomic mass is 32.2. The van der Waals surface area contributed by atoms with Gasteiger partial charge in [-0.25, -0.2) is 9.97 Å². The van der Waals surface area contributed by atoms with Crippen molar-refractivity contribution in [3.63, 3.8) is 0 Å².